The van der Waals surface area contributed by atoms with Gasteiger partial charge in [-0.25, -0.2) is 0 Å². The summed E-state index contributed by atoms with van der Waals surface area (Å²) in [7, 11) is 1.59. The first-order valence-corrected chi connectivity index (χ1v) is 7.80. The number of anilines is 1. The molecular formula is C19H20N2O3. The molecule has 3 rings (SSSR count). The number of nitrogens with zero attached hydrogens (tertiary/aromatic N) is 2. The number of methoxy groups -OCH3 is 1. The molecule has 2 aromatic carbocycles. The Kier molecular flexibility index (Phi) is 4.25. The summed E-state index contributed by atoms with van der Waals surface area (Å²) in [6.07, 6.45) is 0. The molecule has 1 heterocycles. The normalized spacial score (nSPS) is 20.0. The van der Waals surface area contributed by atoms with Gasteiger partial charge in [-0.1, -0.05) is 36.4 Å². The lowest BCUT2D eigenvalue weighted by Gasteiger charge is -2.29. The number of hydrazone groups is 1. The maximum absolute atomic E-state index is 11.9. The molecule has 2 aromatic rings. The van der Waals surface area contributed by atoms with E-state index in [0.29, 0.717) is 11.5 Å². The molecule has 0 saturated carbocycles. The zero-order chi connectivity index (χ0) is 17.3. The van der Waals surface area contributed by atoms with E-state index in [-0.39, 0.29) is 0 Å². The van der Waals surface area contributed by atoms with Crippen LogP contribution in [0.3, 0.4) is 0 Å². The molecule has 0 radical (unpaired) electrons. The van der Waals surface area contributed by atoms with Crippen LogP contribution in [0.1, 0.15) is 24.1 Å². The van der Waals surface area contributed by atoms with E-state index in [0.717, 1.165) is 16.8 Å². The highest BCUT2D eigenvalue weighted by molar-refractivity contribution is 6.04. The van der Waals surface area contributed by atoms with E-state index in [1.807, 2.05) is 55.5 Å². The third-order valence-corrected chi connectivity index (χ3v) is 4.38. The fourth-order valence-electron chi connectivity index (χ4n) is 3.22. The maximum atomic E-state index is 11.9. The van der Waals surface area contributed by atoms with Crippen molar-refractivity contribution >= 4 is 17.4 Å². The lowest BCUT2D eigenvalue weighted by Crippen LogP contribution is -2.31. The van der Waals surface area contributed by atoms with Crippen molar-refractivity contribution in [3.05, 3.63) is 59.7 Å². The lowest BCUT2D eigenvalue weighted by atomic mass is 9.89. The smallest absolute Gasteiger partial charge is 0.314 e. The molecule has 0 fully saturated rings. The average Bonchev–Trinajstić information content (AvgIpc) is 2.92. The standard InChI is InChI=1S/C19H20N2O3/c1-12-8-4-6-10-15(12)21-18(17(19(22)23)13(2)20-21)14-9-5-7-11-16(14)24-3/h4-11,17-18H,1-3H3,(H,22,23). The fraction of sp³-hybridized carbons (Fsp3) is 0.263. The summed E-state index contributed by atoms with van der Waals surface area (Å²) in [6.45, 7) is 3.76. The molecule has 1 aliphatic heterocycles. The Morgan fingerprint density at radius 2 is 1.79 bits per heavy atom. The summed E-state index contributed by atoms with van der Waals surface area (Å²) < 4.78 is 5.46. The Morgan fingerprint density at radius 3 is 2.46 bits per heavy atom. The maximum Gasteiger partial charge on any atom is 0.314 e. The molecule has 0 saturated heterocycles. The number of carboxylic acids is 1. The molecule has 0 spiro atoms. The van der Waals surface area contributed by atoms with Gasteiger partial charge in [0.2, 0.25) is 0 Å². The minimum absolute atomic E-state index is 0.445. The van der Waals surface area contributed by atoms with Crippen LogP contribution in [0.4, 0.5) is 5.69 Å². The minimum Gasteiger partial charge on any atom is -0.496 e. The molecule has 24 heavy (non-hydrogen) atoms. The van der Waals surface area contributed by atoms with Crippen LogP contribution >= 0.6 is 0 Å². The first-order chi connectivity index (χ1) is 11.5. The summed E-state index contributed by atoms with van der Waals surface area (Å²) in [4.78, 5) is 11.9. The summed E-state index contributed by atoms with van der Waals surface area (Å²) in [6, 6.07) is 14.9. The highest BCUT2D eigenvalue weighted by Crippen LogP contribution is 2.43. The van der Waals surface area contributed by atoms with Crippen molar-refractivity contribution in [1.29, 1.82) is 0 Å². The van der Waals surface area contributed by atoms with Gasteiger partial charge in [0, 0.05) is 5.56 Å². The molecule has 0 bridgehead atoms. The zero-order valence-electron chi connectivity index (χ0n) is 13.9. The van der Waals surface area contributed by atoms with Crippen molar-refractivity contribution in [3.63, 3.8) is 0 Å². The molecule has 0 aromatic heterocycles. The van der Waals surface area contributed by atoms with Gasteiger partial charge in [0.15, 0.2) is 0 Å². The van der Waals surface area contributed by atoms with E-state index in [1.165, 1.54) is 0 Å². The van der Waals surface area contributed by atoms with Crippen molar-refractivity contribution in [2.45, 2.75) is 19.9 Å². The SMILES string of the molecule is COc1ccccc1C1C(C(=O)O)C(C)=NN1c1ccccc1C. The predicted molar refractivity (Wildman–Crippen MR) is 93.6 cm³/mol. The zero-order valence-corrected chi connectivity index (χ0v) is 13.9. The second-order valence-corrected chi connectivity index (χ2v) is 5.88. The van der Waals surface area contributed by atoms with Crippen molar-refractivity contribution in [2.24, 2.45) is 11.0 Å². The topological polar surface area (TPSA) is 62.1 Å². The molecule has 1 aliphatic rings. The van der Waals surface area contributed by atoms with E-state index >= 15 is 0 Å². The summed E-state index contributed by atoms with van der Waals surface area (Å²) in [5.74, 6) is -0.943. The first-order valence-electron chi connectivity index (χ1n) is 7.80. The molecule has 1 N–H and O–H groups in total. The van der Waals surface area contributed by atoms with Gasteiger partial charge in [-0.15, -0.1) is 0 Å². The average molecular weight is 324 g/mol. The van der Waals surface area contributed by atoms with E-state index in [1.54, 1.807) is 19.0 Å². The Morgan fingerprint density at radius 1 is 1.12 bits per heavy atom. The number of carbonyl (C=O) groups is 1. The Bertz CT molecular complexity index is 801. The van der Waals surface area contributed by atoms with Gasteiger partial charge in [-0.05, 0) is 31.5 Å². The van der Waals surface area contributed by atoms with Crippen LogP contribution in [-0.2, 0) is 4.79 Å². The van der Waals surface area contributed by atoms with E-state index < -0.39 is 17.9 Å². The number of rotatable bonds is 4. The molecule has 5 heteroatoms. The number of hydrogen-bond acceptors (Lipinski definition) is 4. The fourth-order valence-corrected chi connectivity index (χ4v) is 3.22. The van der Waals surface area contributed by atoms with Crippen LogP contribution in [0, 0.1) is 12.8 Å². The third-order valence-electron chi connectivity index (χ3n) is 4.38. The van der Waals surface area contributed by atoms with Gasteiger partial charge in [-0.2, -0.15) is 5.10 Å². The molecule has 5 nitrogen and oxygen atoms in total. The number of aliphatic carboxylic acids is 1. The van der Waals surface area contributed by atoms with E-state index in [4.69, 9.17) is 4.74 Å². The number of benzene rings is 2. The summed E-state index contributed by atoms with van der Waals surface area (Å²) in [5, 5.41) is 16.1. The van der Waals surface area contributed by atoms with Crippen LogP contribution in [0.5, 0.6) is 5.75 Å². The first kappa shape index (κ1) is 16.1. The molecule has 124 valence electrons. The predicted octanol–water partition coefficient (Wildman–Crippen LogP) is 3.64. The highest BCUT2D eigenvalue weighted by atomic mass is 16.5. The highest BCUT2D eigenvalue weighted by Gasteiger charge is 2.43. The van der Waals surface area contributed by atoms with Gasteiger partial charge in [0.1, 0.15) is 11.7 Å². The van der Waals surface area contributed by atoms with Gasteiger partial charge in [0.05, 0.1) is 24.6 Å². The summed E-state index contributed by atoms with van der Waals surface area (Å²) in [5.41, 5.74) is 3.34. The molecule has 0 aliphatic carbocycles. The van der Waals surface area contributed by atoms with Crippen molar-refractivity contribution in [3.8, 4) is 5.75 Å². The van der Waals surface area contributed by atoms with Crippen molar-refractivity contribution in [2.75, 3.05) is 12.1 Å². The molecule has 0 amide bonds. The second kappa shape index (κ2) is 6.35. The van der Waals surface area contributed by atoms with E-state index in [2.05, 4.69) is 5.10 Å². The van der Waals surface area contributed by atoms with Crippen LogP contribution < -0.4 is 9.75 Å². The Balaban J connectivity index is 2.17. The van der Waals surface area contributed by atoms with Gasteiger partial charge in [0.25, 0.3) is 0 Å². The lowest BCUT2D eigenvalue weighted by molar-refractivity contribution is -0.139. The largest absolute Gasteiger partial charge is 0.496 e. The minimum atomic E-state index is -0.886. The van der Waals surface area contributed by atoms with Crippen molar-refractivity contribution in [1.82, 2.24) is 0 Å². The monoisotopic (exact) mass is 324 g/mol. The Hall–Kier alpha value is -2.82. The van der Waals surface area contributed by atoms with Gasteiger partial charge >= 0.3 is 5.97 Å². The third kappa shape index (κ3) is 2.62. The molecule has 2 atom stereocenters. The molecule has 2 unspecified atom stereocenters. The number of carboxylic acid groups (broad SMARTS) is 1. The number of para-hydroxylation sites is 2. The number of hydrogen-bond donors (Lipinski definition) is 1. The molecular weight excluding hydrogens is 304 g/mol. The number of ether oxygens (including phenoxy) is 1. The quantitative estimate of drug-likeness (QED) is 0.932. The number of aryl methyl sites for hydroxylation is 1. The summed E-state index contributed by atoms with van der Waals surface area (Å²) >= 11 is 0. The van der Waals surface area contributed by atoms with Gasteiger partial charge < -0.3 is 9.84 Å². The van der Waals surface area contributed by atoms with Crippen LogP contribution in [0.25, 0.3) is 0 Å². The van der Waals surface area contributed by atoms with Crippen molar-refractivity contribution < 1.29 is 14.6 Å². The van der Waals surface area contributed by atoms with E-state index in [9.17, 15) is 9.90 Å². The Labute approximate surface area is 141 Å². The van der Waals surface area contributed by atoms with Gasteiger partial charge in [-0.3, -0.25) is 9.80 Å². The van der Waals surface area contributed by atoms with Crippen LogP contribution in [0.2, 0.25) is 0 Å². The van der Waals surface area contributed by atoms with Crippen LogP contribution in [0.15, 0.2) is 53.6 Å². The van der Waals surface area contributed by atoms with Crippen LogP contribution in [-0.4, -0.2) is 23.9 Å². The second-order valence-electron chi connectivity index (χ2n) is 5.88.